The molecule has 11 heteroatoms. The zero-order valence-electron chi connectivity index (χ0n) is 23.4. The van der Waals surface area contributed by atoms with Crippen molar-refractivity contribution in [2.45, 2.75) is 31.0 Å². The van der Waals surface area contributed by atoms with Gasteiger partial charge in [-0.25, -0.2) is 4.39 Å². The van der Waals surface area contributed by atoms with E-state index in [-0.39, 0.29) is 12.8 Å². The average molecular weight is 483 g/mol. The number of hydrogen-bond acceptors (Lipinski definition) is 4. The molecule has 2 aromatic carbocycles. The van der Waals surface area contributed by atoms with E-state index in [0.29, 0.717) is 23.5 Å². The van der Waals surface area contributed by atoms with Gasteiger partial charge in [-0.2, -0.15) is 18.4 Å². The fourth-order valence-corrected chi connectivity index (χ4v) is 4.20. The molecule has 33 heavy (non-hydrogen) atoms. The number of rotatable bonds is 3. The predicted molar refractivity (Wildman–Crippen MR) is 115 cm³/mol. The molecule has 2 fully saturated rings. The summed E-state index contributed by atoms with van der Waals surface area (Å²) >= 11 is 5.36. The number of nitrogens with zero attached hydrogens (tertiary/aromatic N) is 3. The highest BCUT2D eigenvalue weighted by molar-refractivity contribution is 7.81. The van der Waals surface area contributed by atoms with Crippen molar-refractivity contribution in [3.63, 3.8) is 0 Å². The molecule has 1 aliphatic carbocycles. The van der Waals surface area contributed by atoms with Crippen LogP contribution in [0.1, 0.15) is 50.3 Å². The van der Waals surface area contributed by atoms with E-state index in [4.69, 9.17) is 27.1 Å². The minimum atomic E-state index is -5.21. The van der Waals surface area contributed by atoms with E-state index in [0.717, 1.165) is 4.90 Å². The normalized spacial score (nSPS) is 20.6. The molecule has 1 heterocycles. The van der Waals surface area contributed by atoms with Crippen molar-refractivity contribution in [1.29, 1.82) is 5.26 Å². The number of thiocarbonyl (C=S) groups is 1. The molecule has 2 aromatic rings. The van der Waals surface area contributed by atoms with Gasteiger partial charge in [-0.15, -0.1) is 0 Å². The van der Waals surface area contributed by atoms with Crippen molar-refractivity contribution in [2.75, 3.05) is 16.8 Å². The number of hydrogen-bond donors (Lipinski definition) is 1. The number of halogens is 4. The Bertz CT molecular complexity index is 1540. The van der Waals surface area contributed by atoms with Crippen LogP contribution in [0.2, 0.25) is 0 Å². The molecule has 0 bridgehead atoms. The molecule has 0 radical (unpaired) electrons. The second-order valence-electron chi connectivity index (χ2n) is 7.25. The van der Waals surface area contributed by atoms with Crippen LogP contribution >= 0.6 is 12.2 Å². The van der Waals surface area contributed by atoms with Crippen LogP contribution in [0.3, 0.4) is 0 Å². The molecule has 1 aliphatic heterocycles. The zero-order chi connectivity index (χ0) is 30.1. The van der Waals surface area contributed by atoms with Gasteiger partial charge in [-0.05, 0) is 67.8 Å². The third-order valence-corrected chi connectivity index (χ3v) is 5.85. The molecule has 4 rings (SSSR count). The molecule has 2 aliphatic rings. The highest BCUT2D eigenvalue weighted by atomic mass is 32.1. The summed E-state index contributed by atoms with van der Waals surface area (Å²) in [4.78, 5) is 27.4. The van der Waals surface area contributed by atoms with Gasteiger partial charge < -0.3 is 10.2 Å². The van der Waals surface area contributed by atoms with Gasteiger partial charge in [0.15, 0.2) is 5.11 Å². The van der Waals surface area contributed by atoms with Crippen molar-refractivity contribution in [3.05, 3.63) is 58.8 Å². The first-order valence-corrected chi connectivity index (χ1v) is 9.70. The van der Waals surface area contributed by atoms with Gasteiger partial charge >= 0.3 is 6.18 Å². The molecule has 0 atom stereocenters. The Kier molecular flexibility index (Phi) is 3.63. The van der Waals surface area contributed by atoms with Crippen molar-refractivity contribution >= 4 is 40.5 Å². The van der Waals surface area contributed by atoms with Gasteiger partial charge in [0.1, 0.15) is 11.4 Å². The summed E-state index contributed by atoms with van der Waals surface area (Å²) in [5.74, 6) is -3.97. The molecule has 0 unspecified atom stereocenters. The standard InChI is InChI=1S/C22H16F4N4O2S/c1-28-18(31)15-6-5-14(10-17(15)23)30-20(33)29(19(32)21(30)7-2-8-21)13-4-3-12(11-27)16(9-13)22(24,25)26/h3-6,9-10H,2,7-8H2,1H3,(H,28,31)/i1D3,4D,5D,9D,10D. The largest absolute Gasteiger partial charge is 0.417 e. The van der Waals surface area contributed by atoms with Crippen LogP contribution in [0, 0.1) is 17.1 Å². The monoisotopic (exact) mass is 483 g/mol. The fraction of sp³-hybridized carbons (Fsp3) is 0.273. The summed E-state index contributed by atoms with van der Waals surface area (Å²) in [7, 11) is 0. The summed E-state index contributed by atoms with van der Waals surface area (Å²) in [6.07, 6.45) is -4.80. The van der Waals surface area contributed by atoms with E-state index in [1.54, 1.807) is 0 Å². The minimum absolute atomic E-state index is 0.00727. The third-order valence-electron chi connectivity index (χ3n) is 5.49. The van der Waals surface area contributed by atoms with Gasteiger partial charge in [0.05, 0.1) is 33.9 Å². The lowest BCUT2D eigenvalue weighted by Gasteiger charge is -2.43. The summed E-state index contributed by atoms with van der Waals surface area (Å²) < 4.78 is 111. The first-order valence-electron chi connectivity index (χ1n) is 12.8. The maximum atomic E-state index is 15.2. The van der Waals surface area contributed by atoms with E-state index in [1.807, 2.05) is 0 Å². The number of nitriles is 1. The number of amides is 2. The van der Waals surface area contributed by atoms with Crippen molar-refractivity contribution in [3.8, 4) is 6.07 Å². The molecular weight excluding hydrogens is 460 g/mol. The van der Waals surface area contributed by atoms with E-state index in [9.17, 15) is 22.8 Å². The van der Waals surface area contributed by atoms with Crippen LogP contribution in [-0.2, 0) is 11.0 Å². The van der Waals surface area contributed by atoms with Crippen LogP contribution in [-0.4, -0.2) is 29.4 Å². The lowest BCUT2D eigenvalue weighted by Crippen LogP contribution is -2.55. The van der Waals surface area contributed by atoms with Gasteiger partial charge in [0.2, 0.25) is 0 Å². The van der Waals surface area contributed by atoms with Crippen molar-refractivity contribution in [2.24, 2.45) is 0 Å². The van der Waals surface area contributed by atoms with Gasteiger partial charge in [-0.3, -0.25) is 14.5 Å². The molecule has 170 valence electrons. The first-order chi connectivity index (χ1) is 18.4. The van der Waals surface area contributed by atoms with E-state index >= 15 is 4.39 Å². The highest BCUT2D eigenvalue weighted by Gasteiger charge is 2.59. The molecule has 1 spiro atoms. The fourth-order valence-electron chi connectivity index (χ4n) is 3.76. The highest BCUT2D eigenvalue weighted by Crippen LogP contribution is 2.48. The second kappa shape index (κ2) is 7.81. The Morgan fingerprint density at radius 3 is 2.58 bits per heavy atom. The number of alkyl halides is 3. The molecule has 2 amide bonds. The smallest absolute Gasteiger partial charge is 0.355 e. The molecular formula is C22H16F4N4O2S. The number of carbonyl (C=O) groups excluding carboxylic acids is 2. The van der Waals surface area contributed by atoms with Gasteiger partial charge in [0, 0.05) is 16.8 Å². The Labute approximate surface area is 201 Å². The van der Waals surface area contributed by atoms with E-state index in [2.05, 4.69) is 0 Å². The van der Waals surface area contributed by atoms with Gasteiger partial charge in [0.25, 0.3) is 11.8 Å². The number of benzene rings is 2. The number of anilines is 2. The zero-order valence-corrected chi connectivity index (χ0v) is 17.2. The lowest BCUT2D eigenvalue weighted by atomic mass is 9.75. The quantitative estimate of drug-likeness (QED) is 0.525. The second-order valence-corrected chi connectivity index (χ2v) is 7.61. The predicted octanol–water partition coefficient (Wildman–Crippen LogP) is 4.14. The molecule has 0 aromatic heterocycles. The van der Waals surface area contributed by atoms with Crippen LogP contribution in [0.15, 0.2) is 36.3 Å². The molecule has 1 N–H and O–H groups in total. The van der Waals surface area contributed by atoms with Crippen LogP contribution in [0.4, 0.5) is 28.9 Å². The Hall–Kier alpha value is -3.52. The third kappa shape index (κ3) is 3.41. The lowest BCUT2D eigenvalue weighted by molar-refractivity contribution is -0.137. The SMILES string of the molecule is [2H]c1cc(C#N)c(C(F)(F)F)c([2H])c1N1C(=O)C2(CCC2)N(c2c([2H])cc(C(=O)NC([2H])([2H])[2H])c(F)c2[2H])C1=S. The van der Waals surface area contributed by atoms with Crippen LogP contribution in [0.25, 0.3) is 0 Å². The molecule has 6 nitrogen and oxygen atoms in total. The maximum Gasteiger partial charge on any atom is 0.417 e. The number of nitrogens with one attached hydrogen (secondary N) is 1. The maximum absolute atomic E-state index is 15.2. The summed E-state index contributed by atoms with van der Waals surface area (Å²) in [6, 6.07) is -1.57. The first kappa shape index (κ1) is 15.3. The summed E-state index contributed by atoms with van der Waals surface area (Å²) in [5.41, 5.74) is -6.87. The topological polar surface area (TPSA) is 76.4 Å². The van der Waals surface area contributed by atoms with Crippen molar-refractivity contribution < 1.29 is 36.7 Å². The van der Waals surface area contributed by atoms with E-state index < -0.39 is 93.7 Å². The summed E-state index contributed by atoms with van der Waals surface area (Å²) in [5, 5.41) is 10.0. The van der Waals surface area contributed by atoms with Crippen LogP contribution < -0.4 is 15.1 Å². The van der Waals surface area contributed by atoms with Crippen molar-refractivity contribution in [1.82, 2.24) is 5.32 Å². The van der Waals surface area contributed by atoms with Crippen LogP contribution in [0.5, 0.6) is 0 Å². The Balaban J connectivity index is 1.91. The minimum Gasteiger partial charge on any atom is -0.355 e. The number of carbonyl (C=O) groups is 2. The Morgan fingerprint density at radius 2 is 2.00 bits per heavy atom. The molecule has 1 saturated heterocycles. The van der Waals surface area contributed by atoms with E-state index in [1.165, 1.54) is 11.4 Å². The van der Waals surface area contributed by atoms with Gasteiger partial charge in [-0.1, -0.05) is 0 Å². The molecule has 1 saturated carbocycles. The Morgan fingerprint density at radius 1 is 1.30 bits per heavy atom. The summed E-state index contributed by atoms with van der Waals surface area (Å²) in [6.45, 7) is -3.01. The average Bonchev–Trinajstić information content (AvgIpc) is 3.01.